The average Bonchev–Trinajstić information content (AvgIpc) is 2.50. The van der Waals surface area contributed by atoms with Crippen LogP contribution in [0.3, 0.4) is 0 Å². The van der Waals surface area contributed by atoms with Crippen molar-refractivity contribution in [2.45, 2.75) is 4.90 Å². The molecule has 0 bridgehead atoms. The fourth-order valence-electron chi connectivity index (χ4n) is 1.58. The number of esters is 1. The number of nitrogens with one attached hydrogen (secondary N) is 1. The number of carbonyl (C=O) groups excluding carboxylic acids is 1. The van der Waals surface area contributed by atoms with E-state index in [2.05, 4.69) is 5.32 Å². The lowest BCUT2D eigenvalue weighted by Gasteiger charge is -2.15. The van der Waals surface area contributed by atoms with Crippen molar-refractivity contribution in [3.05, 3.63) is 23.8 Å². The van der Waals surface area contributed by atoms with Crippen LogP contribution in [0.2, 0.25) is 0 Å². The smallest absolute Gasteiger partial charge is 0.341 e. The van der Waals surface area contributed by atoms with Gasteiger partial charge in [0, 0.05) is 26.3 Å². The Morgan fingerprint density at radius 2 is 2.14 bits per heavy atom. The molecule has 1 rings (SSSR count). The molecule has 0 aliphatic heterocycles. The zero-order chi connectivity index (χ0) is 16.8. The van der Waals surface area contributed by atoms with Crippen LogP contribution in [0, 0.1) is 11.3 Å². The molecule has 22 heavy (non-hydrogen) atoms. The van der Waals surface area contributed by atoms with Crippen LogP contribution in [0.15, 0.2) is 23.1 Å². The first kappa shape index (κ1) is 17.9. The average molecular weight is 327 g/mol. The predicted octanol–water partition coefficient (Wildman–Crippen LogP) is 0.0215. The van der Waals surface area contributed by atoms with Crippen LogP contribution in [0.25, 0.3) is 0 Å². The van der Waals surface area contributed by atoms with E-state index in [1.807, 2.05) is 0 Å². The Morgan fingerprint density at radius 1 is 1.45 bits per heavy atom. The van der Waals surface area contributed by atoms with E-state index in [0.29, 0.717) is 5.69 Å². The van der Waals surface area contributed by atoms with Gasteiger partial charge in [-0.1, -0.05) is 0 Å². The van der Waals surface area contributed by atoms with Crippen LogP contribution < -0.4 is 5.32 Å². The van der Waals surface area contributed by atoms with Crippen molar-refractivity contribution in [3.8, 4) is 6.07 Å². The molecular formula is C13H17N3O5S. The van der Waals surface area contributed by atoms with Crippen molar-refractivity contribution in [1.29, 1.82) is 5.26 Å². The quantitative estimate of drug-likeness (QED) is 0.677. The summed E-state index contributed by atoms with van der Waals surface area (Å²) in [6.07, 6.45) is 0. The minimum Gasteiger partial charge on any atom is -0.447 e. The van der Waals surface area contributed by atoms with E-state index < -0.39 is 22.6 Å². The van der Waals surface area contributed by atoms with E-state index in [1.54, 1.807) is 6.07 Å². The van der Waals surface area contributed by atoms with E-state index in [1.165, 1.54) is 32.3 Å². The van der Waals surface area contributed by atoms with Crippen LogP contribution in [-0.4, -0.2) is 57.7 Å². The van der Waals surface area contributed by atoms with Gasteiger partial charge in [-0.3, -0.25) is 0 Å². The molecule has 0 saturated carbocycles. The topological polar surface area (TPSA) is 120 Å². The third-order valence-electron chi connectivity index (χ3n) is 2.68. The SMILES string of the molecule is CN(C)S(=O)(=O)c1ccc(NCCO)c(C(=O)OCC#N)c1. The summed E-state index contributed by atoms with van der Waals surface area (Å²) in [5, 5.41) is 20.1. The Balaban J connectivity index is 3.28. The summed E-state index contributed by atoms with van der Waals surface area (Å²) in [7, 11) is -0.955. The largest absolute Gasteiger partial charge is 0.447 e. The van der Waals surface area contributed by atoms with Crippen molar-refractivity contribution in [2.75, 3.05) is 39.2 Å². The number of ether oxygens (including phenoxy) is 1. The van der Waals surface area contributed by atoms with Crippen LogP contribution in [0.1, 0.15) is 10.4 Å². The molecule has 0 saturated heterocycles. The monoisotopic (exact) mass is 327 g/mol. The van der Waals surface area contributed by atoms with Crippen molar-refractivity contribution in [2.24, 2.45) is 0 Å². The van der Waals surface area contributed by atoms with Crippen LogP contribution in [0.4, 0.5) is 5.69 Å². The standard InChI is InChI=1S/C13H17N3O5S/c1-16(2)22(19,20)10-3-4-12(15-6-7-17)11(9-10)13(18)21-8-5-14/h3-4,9,15,17H,6-8H2,1-2H3. The molecule has 2 N–H and O–H groups in total. The van der Waals surface area contributed by atoms with E-state index >= 15 is 0 Å². The lowest BCUT2D eigenvalue weighted by molar-refractivity contribution is 0.0555. The summed E-state index contributed by atoms with van der Waals surface area (Å²) < 4.78 is 30.0. The van der Waals surface area contributed by atoms with Crippen molar-refractivity contribution in [3.63, 3.8) is 0 Å². The molecule has 0 aromatic heterocycles. The van der Waals surface area contributed by atoms with Gasteiger partial charge in [-0.05, 0) is 18.2 Å². The highest BCUT2D eigenvalue weighted by molar-refractivity contribution is 7.89. The summed E-state index contributed by atoms with van der Waals surface area (Å²) in [4.78, 5) is 11.9. The number of benzene rings is 1. The molecule has 0 heterocycles. The maximum atomic E-state index is 12.1. The van der Waals surface area contributed by atoms with Crippen LogP contribution in [0.5, 0.6) is 0 Å². The molecule has 0 aliphatic rings. The second-order valence-corrected chi connectivity index (χ2v) is 6.53. The molecule has 0 aliphatic carbocycles. The first-order chi connectivity index (χ1) is 10.3. The maximum Gasteiger partial charge on any atom is 0.341 e. The van der Waals surface area contributed by atoms with Gasteiger partial charge in [-0.2, -0.15) is 5.26 Å². The summed E-state index contributed by atoms with van der Waals surface area (Å²) in [6, 6.07) is 5.59. The Hall–Kier alpha value is -2.15. The minimum atomic E-state index is -3.71. The molecule has 8 nitrogen and oxygen atoms in total. The second-order valence-electron chi connectivity index (χ2n) is 4.38. The lowest BCUT2D eigenvalue weighted by atomic mass is 10.2. The van der Waals surface area contributed by atoms with Gasteiger partial charge in [0.05, 0.1) is 17.1 Å². The van der Waals surface area contributed by atoms with Gasteiger partial charge >= 0.3 is 5.97 Å². The molecule has 1 aromatic rings. The number of nitrogens with zero attached hydrogens (tertiary/aromatic N) is 2. The fourth-order valence-corrected chi connectivity index (χ4v) is 2.51. The van der Waals surface area contributed by atoms with Crippen LogP contribution in [-0.2, 0) is 14.8 Å². The molecule has 9 heteroatoms. The number of rotatable bonds is 7. The molecule has 0 unspecified atom stereocenters. The number of anilines is 1. The molecule has 0 amide bonds. The van der Waals surface area contributed by atoms with Gasteiger partial charge in [-0.25, -0.2) is 17.5 Å². The summed E-state index contributed by atoms with van der Waals surface area (Å²) in [5.41, 5.74) is 0.293. The highest BCUT2D eigenvalue weighted by atomic mass is 32.2. The normalized spacial score (nSPS) is 11.0. The minimum absolute atomic E-state index is 0.0216. The van der Waals surface area contributed by atoms with Crippen molar-refractivity contribution < 1.29 is 23.1 Å². The number of sulfonamides is 1. The van der Waals surface area contributed by atoms with E-state index in [4.69, 9.17) is 15.1 Å². The first-order valence-electron chi connectivity index (χ1n) is 6.30. The van der Waals surface area contributed by atoms with Gasteiger partial charge in [0.2, 0.25) is 10.0 Å². The number of hydrogen-bond acceptors (Lipinski definition) is 7. The zero-order valence-corrected chi connectivity index (χ0v) is 13.1. The number of carbonyl (C=O) groups is 1. The molecule has 0 atom stereocenters. The third kappa shape index (κ3) is 4.17. The fraction of sp³-hybridized carbons (Fsp3) is 0.385. The Bertz CT molecular complexity index is 679. The molecule has 120 valence electrons. The molecule has 0 fully saturated rings. The maximum absolute atomic E-state index is 12.1. The third-order valence-corrected chi connectivity index (χ3v) is 4.50. The summed E-state index contributed by atoms with van der Waals surface area (Å²) >= 11 is 0. The Kier molecular flexibility index (Phi) is 6.30. The molecule has 0 spiro atoms. The highest BCUT2D eigenvalue weighted by Crippen LogP contribution is 2.23. The molecule has 1 aromatic carbocycles. The Morgan fingerprint density at radius 3 is 2.68 bits per heavy atom. The lowest BCUT2D eigenvalue weighted by Crippen LogP contribution is -2.23. The van der Waals surface area contributed by atoms with E-state index in [0.717, 1.165) is 4.31 Å². The van der Waals surface area contributed by atoms with E-state index in [-0.39, 0.29) is 23.6 Å². The van der Waals surface area contributed by atoms with E-state index in [9.17, 15) is 13.2 Å². The zero-order valence-electron chi connectivity index (χ0n) is 12.2. The first-order valence-corrected chi connectivity index (χ1v) is 7.74. The van der Waals surface area contributed by atoms with Crippen molar-refractivity contribution >= 4 is 21.7 Å². The number of hydrogen-bond donors (Lipinski definition) is 2. The van der Waals surface area contributed by atoms with Gasteiger partial charge in [0.25, 0.3) is 0 Å². The Labute approximate surface area is 129 Å². The second kappa shape index (κ2) is 7.74. The predicted molar refractivity (Wildman–Crippen MR) is 78.8 cm³/mol. The summed E-state index contributed by atoms with van der Waals surface area (Å²) in [5.74, 6) is -0.821. The summed E-state index contributed by atoms with van der Waals surface area (Å²) in [6.45, 7) is -0.425. The highest BCUT2D eigenvalue weighted by Gasteiger charge is 2.21. The number of aliphatic hydroxyl groups excluding tert-OH is 1. The van der Waals surface area contributed by atoms with Gasteiger partial charge in [0.1, 0.15) is 6.07 Å². The van der Waals surface area contributed by atoms with Crippen LogP contribution >= 0.6 is 0 Å². The van der Waals surface area contributed by atoms with Gasteiger partial charge in [-0.15, -0.1) is 0 Å². The van der Waals surface area contributed by atoms with Gasteiger partial charge in [0.15, 0.2) is 6.61 Å². The van der Waals surface area contributed by atoms with Gasteiger partial charge < -0.3 is 15.2 Å². The molecule has 0 radical (unpaired) electrons. The van der Waals surface area contributed by atoms with Crippen molar-refractivity contribution in [1.82, 2.24) is 4.31 Å². The number of aliphatic hydroxyl groups is 1. The molecular weight excluding hydrogens is 310 g/mol. The number of nitriles is 1.